The standard InChI is InChI=1S/C27H25N3O6S/c1-16-11-13-29(14-12-16)37(33,34)19-9-7-18(8-10-19)24-23-25(31)20-5-3-4-6-21(20)35-26(23)27(32)30(24)22-15-17(2)36-28-22/h3-10,15-16,24H,11-14H2,1-2H3. The van der Waals surface area contributed by atoms with Crippen molar-refractivity contribution in [3.8, 4) is 0 Å². The largest absolute Gasteiger partial charge is 0.450 e. The highest BCUT2D eigenvalue weighted by atomic mass is 32.2. The summed E-state index contributed by atoms with van der Waals surface area (Å²) in [7, 11) is -3.65. The summed E-state index contributed by atoms with van der Waals surface area (Å²) >= 11 is 0. The van der Waals surface area contributed by atoms with Crippen LogP contribution in [0.3, 0.4) is 0 Å². The van der Waals surface area contributed by atoms with Crippen LogP contribution in [0.25, 0.3) is 11.0 Å². The molecule has 1 fully saturated rings. The van der Waals surface area contributed by atoms with Crippen molar-refractivity contribution in [2.45, 2.75) is 37.6 Å². The van der Waals surface area contributed by atoms with Crippen LogP contribution in [0.2, 0.25) is 0 Å². The molecule has 1 saturated heterocycles. The zero-order valence-corrected chi connectivity index (χ0v) is 21.2. The van der Waals surface area contributed by atoms with Crippen molar-refractivity contribution >= 4 is 32.7 Å². The normalized spacial score (nSPS) is 19.0. The number of nitrogens with zero attached hydrogens (tertiary/aromatic N) is 3. The number of rotatable bonds is 4. The van der Waals surface area contributed by atoms with E-state index in [1.165, 1.54) is 21.3 Å². The Labute approximate surface area is 213 Å². The van der Waals surface area contributed by atoms with Crippen molar-refractivity contribution in [2.75, 3.05) is 18.0 Å². The number of sulfonamides is 1. The molecule has 190 valence electrons. The first kappa shape index (κ1) is 23.6. The van der Waals surface area contributed by atoms with Crippen molar-refractivity contribution in [1.29, 1.82) is 0 Å². The molecule has 2 aliphatic heterocycles. The molecule has 1 unspecified atom stereocenters. The summed E-state index contributed by atoms with van der Waals surface area (Å²) in [6, 6.07) is 13.8. The second-order valence-electron chi connectivity index (χ2n) is 9.70. The lowest BCUT2D eigenvalue weighted by Crippen LogP contribution is -2.37. The van der Waals surface area contributed by atoms with Crippen LogP contribution in [0.15, 0.2) is 73.2 Å². The van der Waals surface area contributed by atoms with Crippen LogP contribution in [0, 0.1) is 12.8 Å². The highest BCUT2D eigenvalue weighted by molar-refractivity contribution is 7.89. The Hall–Kier alpha value is -3.76. The van der Waals surface area contributed by atoms with Crippen molar-refractivity contribution in [1.82, 2.24) is 9.46 Å². The first-order chi connectivity index (χ1) is 17.8. The van der Waals surface area contributed by atoms with Crippen LogP contribution in [0.4, 0.5) is 5.82 Å². The Morgan fingerprint density at radius 3 is 2.38 bits per heavy atom. The molecule has 0 aliphatic carbocycles. The van der Waals surface area contributed by atoms with E-state index in [2.05, 4.69) is 12.1 Å². The third kappa shape index (κ3) is 3.79. The molecule has 0 N–H and O–H groups in total. The smallest absolute Gasteiger partial charge is 0.296 e. The van der Waals surface area contributed by atoms with Gasteiger partial charge in [-0.15, -0.1) is 0 Å². The predicted octanol–water partition coefficient (Wildman–Crippen LogP) is 4.26. The van der Waals surface area contributed by atoms with Gasteiger partial charge in [0, 0.05) is 19.2 Å². The van der Waals surface area contributed by atoms with Crippen LogP contribution in [0.5, 0.6) is 0 Å². The number of anilines is 1. The number of carbonyl (C=O) groups excluding carboxylic acids is 1. The molecule has 2 aliphatic rings. The van der Waals surface area contributed by atoms with Gasteiger partial charge >= 0.3 is 0 Å². The van der Waals surface area contributed by atoms with Gasteiger partial charge in [0.1, 0.15) is 11.3 Å². The van der Waals surface area contributed by atoms with Crippen LogP contribution in [-0.4, -0.2) is 36.9 Å². The van der Waals surface area contributed by atoms with Crippen LogP contribution < -0.4 is 10.3 Å². The lowest BCUT2D eigenvalue weighted by Gasteiger charge is -2.29. The van der Waals surface area contributed by atoms with E-state index in [0.717, 1.165) is 12.8 Å². The lowest BCUT2D eigenvalue weighted by atomic mass is 9.98. The number of benzene rings is 2. The molecule has 1 amide bonds. The third-order valence-electron chi connectivity index (χ3n) is 7.22. The Balaban J connectivity index is 1.46. The second-order valence-corrected chi connectivity index (χ2v) is 11.6. The molecule has 0 bridgehead atoms. The average Bonchev–Trinajstić information content (AvgIpc) is 3.45. The highest BCUT2D eigenvalue weighted by Gasteiger charge is 2.45. The second kappa shape index (κ2) is 8.67. The minimum Gasteiger partial charge on any atom is -0.450 e. The lowest BCUT2D eigenvalue weighted by molar-refractivity contribution is 0.0969. The van der Waals surface area contributed by atoms with E-state index in [4.69, 9.17) is 8.94 Å². The molecular weight excluding hydrogens is 494 g/mol. The Morgan fingerprint density at radius 1 is 1.00 bits per heavy atom. The number of aromatic nitrogens is 1. The van der Waals surface area contributed by atoms with E-state index in [1.54, 1.807) is 49.4 Å². The van der Waals surface area contributed by atoms with Gasteiger partial charge in [0.05, 0.1) is 21.9 Å². The van der Waals surface area contributed by atoms with Crippen molar-refractivity contribution in [3.63, 3.8) is 0 Å². The number of piperidine rings is 1. The van der Waals surface area contributed by atoms with Gasteiger partial charge in [0.15, 0.2) is 11.2 Å². The van der Waals surface area contributed by atoms with Crippen molar-refractivity contribution in [3.05, 3.63) is 87.5 Å². The number of hydrogen-bond acceptors (Lipinski definition) is 7. The summed E-state index contributed by atoms with van der Waals surface area (Å²) in [5, 5.41) is 4.37. The van der Waals surface area contributed by atoms with Gasteiger partial charge in [-0.05, 0) is 55.5 Å². The van der Waals surface area contributed by atoms with Gasteiger partial charge in [-0.1, -0.05) is 36.3 Å². The fourth-order valence-corrected chi connectivity index (χ4v) is 6.60. The van der Waals surface area contributed by atoms with E-state index < -0.39 is 22.0 Å². The Kier molecular flexibility index (Phi) is 5.54. The van der Waals surface area contributed by atoms with Crippen LogP contribution >= 0.6 is 0 Å². The molecule has 10 heteroatoms. The van der Waals surface area contributed by atoms with E-state index in [-0.39, 0.29) is 27.5 Å². The molecule has 4 heterocycles. The summed E-state index contributed by atoms with van der Waals surface area (Å²) in [6.07, 6.45) is 1.65. The average molecular weight is 520 g/mol. The SMILES string of the molecule is Cc1cc(N2C(=O)c3oc4ccccc4c(=O)c3C2c2ccc(S(=O)(=O)N3CCC(C)CC3)cc2)no1. The molecule has 0 saturated carbocycles. The van der Waals surface area contributed by atoms with Crippen molar-refractivity contribution < 1.29 is 22.2 Å². The molecule has 6 rings (SSSR count). The number of aryl methyl sites for hydroxylation is 1. The minimum atomic E-state index is -3.65. The summed E-state index contributed by atoms with van der Waals surface area (Å²) in [5.74, 6) is 0.659. The molecule has 4 aromatic rings. The molecule has 9 nitrogen and oxygen atoms in total. The molecule has 0 radical (unpaired) electrons. The molecular formula is C27H25N3O6S. The Bertz CT molecular complexity index is 1680. The fourth-order valence-electron chi connectivity index (χ4n) is 5.13. The Morgan fingerprint density at radius 2 is 1.70 bits per heavy atom. The quantitative estimate of drug-likeness (QED) is 0.396. The van der Waals surface area contributed by atoms with E-state index in [9.17, 15) is 18.0 Å². The summed E-state index contributed by atoms with van der Waals surface area (Å²) < 4.78 is 39.1. The molecule has 0 spiro atoms. The number of para-hydroxylation sites is 1. The number of fused-ring (bicyclic) bond motifs is 2. The van der Waals surface area contributed by atoms with Gasteiger partial charge in [-0.2, -0.15) is 4.31 Å². The van der Waals surface area contributed by atoms with Gasteiger partial charge < -0.3 is 8.94 Å². The molecule has 37 heavy (non-hydrogen) atoms. The zero-order chi connectivity index (χ0) is 25.9. The summed E-state index contributed by atoms with van der Waals surface area (Å²) in [5.41, 5.74) is 0.734. The summed E-state index contributed by atoms with van der Waals surface area (Å²) in [6.45, 7) is 4.81. The highest BCUT2D eigenvalue weighted by Crippen LogP contribution is 2.41. The monoisotopic (exact) mass is 519 g/mol. The van der Waals surface area contributed by atoms with Gasteiger partial charge in [0.25, 0.3) is 5.91 Å². The zero-order valence-electron chi connectivity index (χ0n) is 20.4. The first-order valence-electron chi connectivity index (χ1n) is 12.2. The summed E-state index contributed by atoms with van der Waals surface area (Å²) in [4.78, 5) is 28.7. The van der Waals surface area contributed by atoms with Crippen molar-refractivity contribution in [2.24, 2.45) is 5.92 Å². The van der Waals surface area contributed by atoms with Gasteiger partial charge in [0.2, 0.25) is 15.8 Å². The number of amides is 1. The maximum atomic E-state index is 13.6. The van der Waals surface area contributed by atoms with Gasteiger partial charge in [-0.25, -0.2) is 8.42 Å². The number of hydrogen-bond donors (Lipinski definition) is 0. The molecule has 2 aromatic heterocycles. The maximum Gasteiger partial charge on any atom is 0.296 e. The van der Waals surface area contributed by atoms with Gasteiger partial charge in [-0.3, -0.25) is 14.5 Å². The molecule has 2 aromatic carbocycles. The topological polar surface area (TPSA) is 114 Å². The van der Waals surface area contributed by atoms with Crippen LogP contribution in [-0.2, 0) is 10.0 Å². The van der Waals surface area contributed by atoms with Crippen LogP contribution in [0.1, 0.15) is 53.2 Å². The third-order valence-corrected chi connectivity index (χ3v) is 9.13. The van der Waals surface area contributed by atoms with E-state index in [0.29, 0.717) is 41.3 Å². The first-order valence-corrected chi connectivity index (χ1v) is 13.6. The van der Waals surface area contributed by atoms with E-state index in [1.807, 2.05) is 0 Å². The van der Waals surface area contributed by atoms with E-state index >= 15 is 0 Å². The number of carbonyl (C=O) groups is 1. The fraction of sp³-hybridized carbons (Fsp3) is 0.296. The predicted molar refractivity (Wildman–Crippen MR) is 136 cm³/mol. The minimum absolute atomic E-state index is 0.0616. The maximum absolute atomic E-state index is 13.6. The molecule has 1 atom stereocenters.